The first-order valence-electron chi connectivity index (χ1n) is 19.8. The summed E-state index contributed by atoms with van der Waals surface area (Å²) in [5.41, 5.74) is 9.28. The van der Waals surface area contributed by atoms with Gasteiger partial charge in [0.2, 0.25) is 0 Å². The number of hydrogen-bond acceptors (Lipinski definition) is 4. The van der Waals surface area contributed by atoms with Gasteiger partial charge in [-0.2, -0.15) is 0 Å². The van der Waals surface area contributed by atoms with Crippen molar-refractivity contribution < 1.29 is 4.74 Å². The molecule has 2 aliphatic carbocycles. The molecule has 0 fully saturated rings. The second-order valence-corrected chi connectivity index (χ2v) is 15.3. The lowest BCUT2D eigenvalue weighted by molar-refractivity contribution is 0.271. The molecule has 57 heavy (non-hydrogen) atoms. The van der Waals surface area contributed by atoms with Crippen molar-refractivity contribution in [2.45, 2.75) is 24.9 Å². The summed E-state index contributed by atoms with van der Waals surface area (Å²) in [5, 5.41) is 9.35. The monoisotopic (exact) mass is 729 g/mol. The van der Waals surface area contributed by atoms with Crippen LogP contribution in [0.15, 0.2) is 170 Å². The molecule has 8 aromatic carbocycles. The van der Waals surface area contributed by atoms with Gasteiger partial charge in [0, 0.05) is 22.3 Å². The van der Waals surface area contributed by atoms with Gasteiger partial charge in [-0.25, -0.2) is 15.0 Å². The summed E-state index contributed by atoms with van der Waals surface area (Å²) in [6.45, 7) is 0. The summed E-state index contributed by atoms with van der Waals surface area (Å²) in [7, 11) is 0. The highest BCUT2D eigenvalue weighted by Crippen LogP contribution is 2.49. The van der Waals surface area contributed by atoms with Gasteiger partial charge in [0.25, 0.3) is 0 Å². The first kappa shape index (κ1) is 32.1. The highest BCUT2D eigenvalue weighted by atomic mass is 16.5. The van der Waals surface area contributed by atoms with E-state index in [2.05, 4.69) is 170 Å². The summed E-state index contributed by atoms with van der Waals surface area (Å²) in [5.74, 6) is 3.04. The molecule has 4 nitrogen and oxygen atoms in total. The van der Waals surface area contributed by atoms with E-state index in [-0.39, 0.29) is 12.0 Å². The van der Waals surface area contributed by atoms with Gasteiger partial charge in [0.15, 0.2) is 17.5 Å². The van der Waals surface area contributed by atoms with Crippen LogP contribution in [0, 0.1) is 0 Å². The molecule has 0 radical (unpaired) electrons. The molecule has 268 valence electrons. The second kappa shape index (κ2) is 12.7. The Morgan fingerprint density at radius 2 is 1.23 bits per heavy atom. The molecule has 1 aromatic heterocycles. The number of nitrogens with zero attached hydrogens (tertiary/aromatic N) is 3. The van der Waals surface area contributed by atoms with Gasteiger partial charge in [-0.15, -0.1) is 0 Å². The highest BCUT2D eigenvalue weighted by molar-refractivity contribution is 6.13. The zero-order valence-corrected chi connectivity index (χ0v) is 31.1. The molecule has 0 saturated carbocycles. The summed E-state index contributed by atoms with van der Waals surface area (Å²) in [4.78, 5) is 16.1. The highest BCUT2D eigenvalue weighted by Gasteiger charge is 2.37. The summed E-state index contributed by atoms with van der Waals surface area (Å²) < 4.78 is 6.43. The lowest BCUT2D eigenvalue weighted by atomic mass is 9.80. The van der Waals surface area contributed by atoms with Gasteiger partial charge in [-0.1, -0.05) is 152 Å². The standard InChI is InChI=1S/C53H35N3O/c1-3-14-36-32(12-1)26-27-33-28-29-35(31-46(33)36)51-54-52(56-53(55-51)47-30-34-13-2-4-15-37(34)38-16-5-6-17-42(38)47)44-23-10-19-39-40(20-9-21-41(39)44)43-22-11-25-49-50(43)45-18-7-8-24-48(45)57-49/h2-11,13-31,49-50H,1,12H2. The fourth-order valence-electron chi connectivity index (χ4n) is 9.48. The minimum absolute atomic E-state index is 0.0330. The minimum atomic E-state index is -0.0330. The third-order valence-electron chi connectivity index (χ3n) is 12.2. The molecule has 0 spiro atoms. The summed E-state index contributed by atoms with van der Waals surface area (Å²) in [6.07, 6.45) is 13.2. The fraction of sp³-hybridized carbons (Fsp3) is 0.0755. The number of aromatic nitrogens is 3. The third-order valence-corrected chi connectivity index (χ3v) is 12.2. The van der Waals surface area contributed by atoms with Crippen molar-refractivity contribution in [3.05, 3.63) is 192 Å². The smallest absolute Gasteiger partial charge is 0.164 e. The van der Waals surface area contributed by atoms with Crippen molar-refractivity contribution in [3.63, 3.8) is 0 Å². The molecular formula is C53H35N3O. The van der Waals surface area contributed by atoms with Gasteiger partial charge in [0.1, 0.15) is 11.9 Å². The molecule has 0 bridgehead atoms. The number of para-hydroxylation sites is 1. The molecule has 3 aliphatic rings. The number of allylic oxidation sites excluding steroid dienone is 3. The van der Waals surface area contributed by atoms with E-state index in [4.69, 9.17) is 19.7 Å². The summed E-state index contributed by atoms with van der Waals surface area (Å²) in [6, 6.07) is 52.1. The van der Waals surface area contributed by atoms with Crippen LogP contribution in [0.2, 0.25) is 0 Å². The SMILES string of the molecule is C1=CC2Oc3ccccc3C2C(c2cccc3c(-c4nc(-c5ccc6ccc7c(c6c5)C=CCC7)nc(-c5cc6ccccc6c6ccccc56)n4)cccc23)=C1. The van der Waals surface area contributed by atoms with E-state index < -0.39 is 0 Å². The van der Waals surface area contributed by atoms with E-state index in [0.29, 0.717) is 17.5 Å². The second-order valence-electron chi connectivity index (χ2n) is 15.3. The number of hydrogen-bond donors (Lipinski definition) is 0. The van der Waals surface area contributed by atoms with Gasteiger partial charge < -0.3 is 4.74 Å². The van der Waals surface area contributed by atoms with Gasteiger partial charge in [0.05, 0.1) is 5.92 Å². The predicted molar refractivity (Wildman–Crippen MR) is 234 cm³/mol. The summed E-state index contributed by atoms with van der Waals surface area (Å²) >= 11 is 0. The van der Waals surface area contributed by atoms with E-state index >= 15 is 0 Å². The number of aryl methyl sites for hydroxylation is 1. The van der Waals surface area contributed by atoms with Crippen molar-refractivity contribution in [2.24, 2.45) is 0 Å². The Balaban J connectivity index is 1.09. The van der Waals surface area contributed by atoms with E-state index in [1.165, 1.54) is 49.4 Å². The zero-order chi connectivity index (χ0) is 37.5. The predicted octanol–water partition coefficient (Wildman–Crippen LogP) is 12.9. The Morgan fingerprint density at radius 3 is 2.14 bits per heavy atom. The maximum absolute atomic E-state index is 6.43. The molecule has 4 heteroatoms. The van der Waals surface area contributed by atoms with E-state index in [1.807, 2.05) is 6.07 Å². The average Bonchev–Trinajstić information content (AvgIpc) is 3.67. The van der Waals surface area contributed by atoms with Crippen molar-refractivity contribution in [3.8, 4) is 39.9 Å². The molecule has 2 unspecified atom stereocenters. The number of benzene rings is 8. The largest absolute Gasteiger partial charge is 0.485 e. The topological polar surface area (TPSA) is 47.9 Å². The molecule has 0 N–H and O–H groups in total. The van der Waals surface area contributed by atoms with Gasteiger partial charge >= 0.3 is 0 Å². The molecule has 12 rings (SSSR count). The van der Waals surface area contributed by atoms with Crippen LogP contribution < -0.4 is 4.74 Å². The van der Waals surface area contributed by atoms with Crippen LogP contribution in [0.1, 0.15) is 34.6 Å². The van der Waals surface area contributed by atoms with Crippen LogP contribution in [0.25, 0.3) is 88.9 Å². The first-order chi connectivity index (χ1) is 28.2. The molecular weight excluding hydrogens is 695 g/mol. The van der Waals surface area contributed by atoms with Crippen molar-refractivity contribution in [2.75, 3.05) is 0 Å². The van der Waals surface area contributed by atoms with Gasteiger partial charge in [-0.3, -0.25) is 0 Å². The van der Waals surface area contributed by atoms with Crippen molar-refractivity contribution in [1.29, 1.82) is 0 Å². The quantitative estimate of drug-likeness (QED) is 0.169. The maximum atomic E-state index is 6.43. The third kappa shape index (κ3) is 5.11. The lowest BCUT2D eigenvalue weighted by Gasteiger charge is -2.24. The van der Waals surface area contributed by atoms with Crippen molar-refractivity contribution in [1.82, 2.24) is 15.0 Å². The fourth-order valence-corrected chi connectivity index (χ4v) is 9.48. The van der Waals surface area contributed by atoms with Crippen LogP contribution in [0.5, 0.6) is 5.75 Å². The Kier molecular flexibility index (Phi) is 7.15. The Morgan fingerprint density at radius 1 is 0.526 bits per heavy atom. The van der Waals surface area contributed by atoms with Crippen LogP contribution >= 0.6 is 0 Å². The first-order valence-corrected chi connectivity index (χ1v) is 19.8. The molecule has 0 amide bonds. The average molecular weight is 730 g/mol. The van der Waals surface area contributed by atoms with Crippen molar-refractivity contribution >= 4 is 54.7 Å². The van der Waals surface area contributed by atoms with E-state index in [9.17, 15) is 0 Å². The molecule has 9 aromatic rings. The van der Waals surface area contributed by atoms with Crippen LogP contribution in [0.4, 0.5) is 0 Å². The number of rotatable bonds is 4. The Hall–Kier alpha value is -7.17. The number of fused-ring (bicyclic) bond motifs is 10. The van der Waals surface area contributed by atoms with Crippen LogP contribution in [0.3, 0.4) is 0 Å². The number of ether oxygens (including phenoxy) is 1. The normalized spacial score (nSPS) is 16.7. The zero-order valence-electron chi connectivity index (χ0n) is 31.1. The lowest BCUT2D eigenvalue weighted by Crippen LogP contribution is -2.19. The van der Waals surface area contributed by atoms with Gasteiger partial charge in [-0.05, 0) is 102 Å². The maximum Gasteiger partial charge on any atom is 0.164 e. The van der Waals surface area contributed by atoms with E-state index in [1.54, 1.807) is 0 Å². The van der Waals surface area contributed by atoms with Crippen LogP contribution in [-0.2, 0) is 6.42 Å². The van der Waals surface area contributed by atoms with Crippen LogP contribution in [-0.4, -0.2) is 21.1 Å². The minimum Gasteiger partial charge on any atom is -0.485 e. The molecule has 2 atom stereocenters. The Labute approximate surface area is 330 Å². The van der Waals surface area contributed by atoms with E-state index in [0.717, 1.165) is 56.8 Å². The Bertz CT molecular complexity index is 3250. The molecule has 2 heterocycles. The molecule has 1 aliphatic heterocycles. The molecule has 0 saturated heterocycles.